The molecule has 0 amide bonds. The van der Waals surface area contributed by atoms with Crippen molar-refractivity contribution in [2.75, 3.05) is 0 Å². The first-order valence-corrected chi connectivity index (χ1v) is 10.8. The average molecular weight is 436 g/mol. The summed E-state index contributed by atoms with van der Waals surface area (Å²) in [5, 5.41) is 9.57. The number of hydrogen-bond acceptors (Lipinski definition) is 6. The van der Waals surface area contributed by atoms with E-state index in [0.717, 1.165) is 54.8 Å². The molecule has 0 saturated carbocycles. The van der Waals surface area contributed by atoms with E-state index in [1.54, 1.807) is 29.9 Å². The molecule has 6 aromatic rings. The fourth-order valence-corrected chi connectivity index (χ4v) is 4.76. The maximum Gasteiger partial charge on any atom is 0.181 e. The van der Waals surface area contributed by atoms with Crippen LogP contribution < -0.4 is 0 Å². The number of aromatic nitrogens is 7. The van der Waals surface area contributed by atoms with Gasteiger partial charge in [-0.05, 0) is 36.8 Å². The van der Waals surface area contributed by atoms with Gasteiger partial charge in [-0.1, -0.05) is 6.58 Å². The minimum absolute atomic E-state index is 0.655. The predicted molar refractivity (Wildman–Crippen MR) is 128 cm³/mol. The number of allylic oxidation sites excluding steroid dienone is 1. The molecule has 8 heteroatoms. The minimum atomic E-state index is 0.655. The third-order valence-electron chi connectivity index (χ3n) is 5.41. The lowest BCUT2D eigenvalue weighted by Crippen LogP contribution is -1.85. The Morgan fingerprint density at radius 3 is 2.62 bits per heavy atom. The molecule has 0 bridgehead atoms. The molecule has 0 radical (unpaired) electrons. The van der Waals surface area contributed by atoms with Crippen LogP contribution in [0.25, 0.3) is 60.5 Å². The first-order valence-electron chi connectivity index (χ1n) is 10.00. The molecule has 0 spiro atoms. The normalized spacial score (nSPS) is 11.4. The van der Waals surface area contributed by atoms with E-state index in [-0.39, 0.29) is 0 Å². The van der Waals surface area contributed by atoms with Gasteiger partial charge in [0.1, 0.15) is 6.33 Å². The molecule has 0 aliphatic carbocycles. The van der Waals surface area contributed by atoms with Gasteiger partial charge in [0.15, 0.2) is 5.65 Å². The number of nitrogens with zero attached hydrogens (tertiary/aromatic N) is 5. The molecular weight excluding hydrogens is 418 g/mol. The standard InChI is InChI=1S/C24H17N7S/c1-13(2)21-3-4-22(32-21)18-10-25-11-20-16(18)6-19(29-20)23-17-5-14(9-28-24(17)31-30-23)15-7-26-12-27-8-15/h3-12,29H,1H2,2H3,(H,28,30,31). The van der Waals surface area contributed by atoms with Crippen molar-refractivity contribution in [3.8, 4) is 33.0 Å². The zero-order valence-corrected chi connectivity index (χ0v) is 17.9. The summed E-state index contributed by atoms with van der Waals surface area (Å²) in [6, 6.07) is 8.43. The maximum absolute atomic E-state index is 4.51. The van der Waals surface area contributed by atoms with E-state index < -0.39 is 0 Å². The van der Waals surface area contributed by atoms with Crippen molar-refractivity contribution in [2.45, 2.75) is 6.92 Å². The highest BCUT2D eigenvalue weighted by molar-refractivity contribution is 7.16. The van der Waals surface area contributed by atoms with Crippen molar-refractivity contribution in [3.63, 3.8) is 0 Å². The van der Waals surface area contributed by atoms with Crippen LogP contribution in [-0.4, -0.2) is 35.1 Å². The van der Waals surface area contributed by atoms with Crippen molar-refractivity contribution >= 4 is 38.8 Å². The SMILES string of the molecule is C=C(C)c1ccc(-c2cncc3[nH]c(-c4[nH]nc5ncc(-c6cncnc6)cc45)cc23)s1. The fraction of sp³-hybridized carbons (Fsp3) is 0.0417. The quantitative estimate of drug-likeness (QED) is 0.369. The number of hydrogen-bond donors (Lipinski definition) is 2. The minimum Gasteiger partial charge on any atom is -0.352 e. The van der Waals surface area contributed by atoms with Crippen molar-refractivity contribution in [3.05, 3.63) is 73.0 Å². The second-order valence-corrected chi connectivity index (χ2v) is 8.68. The van der Waals surface area contributed by atoms with Crippen LogP contribution in [0.2, 0.25) is 0 Å². The van der Waals surface area contributed by atoms with Crippen molar-refractivity contribution in [2.24, 2.45) is 0 Å². The van der Waals surface area contributed by atoms with E-state index >= 15 is 0 Å². The third kappa shape index (κ3) is 3.00. The highest BCUT2D eigenvalue weighted by atomic mass is 32.1. The van der Waals surface area contributed by atoms with E-state index in [4.69, 9.17) is 0 Å². The van der Waals surface area contributed by atoms with Gasteiger partial charge >= 0.3 is 0 Å². The smallest absolute Gasteiger partial charge is 0.181 e. The van der Waals surface area contributed by atoms with Crippen LogP contribution in [0.3, 0.4) is 0 Å². The Kier molecular flexibility index (Phi) is 4.19. The summed E-state index contributed by atoms with van der Waals surface area (Å²) in [6.07, 6.45) is 10.6. The van der Waals surface area contributed by atoms with Gasteiger partial charge in [-0.25, -0.2) is 15.0 Å². The monoisotopic (exact) mass is 435 g/mol. The molecule has 0 fully saturated rings. The van der Waals surface area contributed by atoms with E-state index in [1.165, 1.54) is 11.2 Å². The summed E-state index contributed by atoms with van der Waals surface area (Å²) in [4.78, 5) is 23.0. The lowest BCUT2D eigenvalue weighted by atomic mass is 10.1. The van der Waals surface area contributed by atoms with Gasteiger partial charge in [0.25, 0.3) is 0 Å². The number of H-pyrrole nitrogens is 2. The second-order valence-electron chi connectivity index (χ2n) is 7.60. The zero-order valence-electron chi connectivity index (χ0n) is 17.1. The Morgan fingerprint density at radius 2 is 1.81 bits per heavy atom. The highest BCUT2D eigenvalue weighted by Crippen LogP contribution is 2.37. The first kappa shape index (κ1) is 18.6. The highest BCUT2D eigenvalue weighted by Gasteiger charge is 2.16. The molecule has 7 nitrogen and oxygen atoms in total. The third-order valence-corrected chi connectivity index (χ3v) is 6.69. The maximum atomic E-state index is 4.51. The van der Waals surface area contributed by atoms with Gasteiger partial charge in [0, 0.05) is 62.0 Å². The van der Waals surface area contributed by atoms with E-state index in [2.05, 4.69) is 66.0 Å². The fourth-order valence-electron chi connectivity index (χ4n) is 3.81. The van der Waals surface area contributed by atoms with Crippen LogP contribution in [0.1, 0.15) is 11.8 Å². The topological polar surface area (TPSA) is 96.0 Å². The molecule has 2 N–H and O–H groups in total. The Hall–Kier alpha value is -4.17. The van der Waals surface area contributed by atoms with Gasteiger partial charge in [-0.2, -0.15) is 5.10 Å². The Bertz CT molecular complexity index is 1610. The summed E-state index contributed by atoms with van der Waals surface area (Å²) in [7, 11) is 0. The number of nitrogens with one attached hydrogen (secondary N) is 2. The van der Waals surface area contributed by atoms with Crippen LogP contribution in [0, 0.1) is 0 Å². The summed E-state index contributed by atoms with van der Waals surface area (Å²) in [5.74, 6) is 0. The number of pyridine rings is 2. The molecule has 0 aromatic carbocycles. The molecule has 6 aromatic heterocycles. The summed E-state index contributed by atoms with van der Waals surface area (Å²) < 4.78 is 0. The average Bonchev–Trinajstić information content (AvgIpc) is 3.56. The molecule has 32 heavy (non-hydrogen) atoms. The van der Waals surface area contributed by atoms with E-state index in [1.807, 2.05) is 19.3 Å². The number of fused-ring (bicyclic) bond motifs is 2. The summed E-state index contributed by atoms with van der Waals surface area (Å²) in [5.41, 5.74) is 7.42. The molecule has 0 saturated heterocycles. The lowest BCUT2D eigenvalue weighted by molar-refractivity contribution is 1.10. The van der Waals surface area contributed by atoms with Gasteiger partial charge in [-0.3, -0.25) is 10.1 Å². The van der Waals surface area contributed by atoms with Gasteiger partial charge < -0.3 is 4.98 Å². The van der Waals surface area contributed by atoms with Gasteiger partial charge in [0.05, 0.1) is 23.1 Å². The van der Waals surface area contributed by atoms with Crippen LogP contribution in [0.15, 0.2) is 68.2 Å². The molecule has 0 aliphatic heterocycles. The molecule has 6 rings (SSSR count). The Labute approximate surface area is 186 Å². The Balaban J connectivity index is 1.49. The molecule has 154 valence electrons. The lowest BCUT2D eigenvalue weighted by Gasteiger charge is -2.00. The van der Waals surface area contributed by atoms with Crippen LogP contribution in [0.5, 0.6) is 0 Å². The van der Waals surface area contributed by atoms with Crippen molar-refractivity contribution in [1.82, 2.24) is 35.1 Å². The van der Waals surface area contributed by atoms with Gasteiger partial charge in [0.2, 0.25) is 0 Å². The second kappa shape index (κ2) is 7.21. The zero-order chi connectivity index (χ0) is 21.7. The molecule has 0 unspecified atom stereocenters. The largest absolute Gasteiger partial charge is 0.352 e. The van der Waals surface area contributed by atoms with E-state index in [0.29, 0.717) is 5.65 Å². The molecule has 6 heterocycles. The van der Waals surface area contributed by atoms with E-state index in [9.17, 15) is 0 Å². The number of aromatic amines is 2. The van der Waals surface area contributed by atoms with Crippen LogP contribution in [0.4, 0.5) is 0 Å². The molecule has 0 aliphatic rings. The van der Waals surface area contributed by atoms with Gasteiger partial charge in [-0.15, -0.1) is 11.3 Å². The van der Waals surface area contributed by atoms with Crippen LogP contribution >= 0.6 is 11.3 Å². The number of thiophene rings is 1. The van der Waals surface area contributed by atoms with Crippen LogP contribution in [-0.2, 0) is 0 Å². The Morgan fingerprint density at radius 1 is 0.938 bits per heavy atom. The summed E-state index contributed by atoms with van der Waals surface area (Å²) in [6.45, 7) is 6.08. The molecular formula is C24H17N7S. The predicted octanol–water partition coefficient (Wildman–Crippen LogP) is 5.72. The number of rotatable bonds is 4. The van der Waals surface area contributed by atoms with Crippen molar-refractivity contribution in [1.29, 1.82) is 0 Å². The summed E-state index contributed by atoms with van der Waals surface area (Å²) >= 11 is 1.72. The first-order chi connectivity index (χ1) is 15.7. The van der Waals surface area contributed by atoms with Crippen molar-refractivity contribution < 1.29 is 0 Å². The molecule has 0 atom stereocenters.